The number of nitrogens with one attached hydrogen (secondary N) is 1. The van der Waals surface area contributed by atoms with Gasteiger partial charge in [-0.25, -0.2) is 0 Å². The number of nitrogens with zero attached hydrogens (tertiary/aromatic N) is 1. The molecule has 1 fully saturated rings. The molecule has 0 aromatic heterocycles. The van der Waals surface area contributed by atoms with Crippen LogP contribution in [0.25, 0.3) is 0 Å². The first kappa shape index (κ1) is 16.6. The molecule has 1 aromatic carbocycles. The van der Waals surface area contributed by atoms with E-state index in [-0.39, 0.29) is 28.8 Å². The molecule has 9 heteroatoms. The summed E-state index contributed by atoms with van der Waals surface area (Å²) < 4.78 is 9.23. The Bertz CT molecular complexity index is 613. The molecule has 7 nitrogen and oxygen atoms in total. The van der Waals surface area contributed by atoms with Gasteiger partial charge < -0.3 is 14.8 Å². The van der Waals surface area contributed by atoms with E-state index in [1.807, 2.05) is 0 Å². The molecule has 0 radical (unpaired) electrons. The standard InChI is InChI=1S/C13H14Cl2N2O5/c1-21-10-3-8(9(17(19)20)4-11(10)22-2)12(18)16-7-5-13(14,15)6-7/h3-4,7H,5-6H2,1-2H3,(H,16,18). The van der Waals surface area contributed by atoms with E-state index < -0.39 is 15.2 Å². The number of nitro benzene ring substituents is 1. The first-order valence-corrected chi connectivity index (χ1v) is 7.12. The van der Waals surface area contributed by atoms with Crippen molar-refractivity contribution in [1.82, 2.24) is 5.32 Å². The monoisotopic (exact) mass is 348 g/mol. The van der Waals surface area contributed by atoms with Crippen molar-refractivity contribution in [3.63, 3.8) is 0 Å². The molecule has 120 valence electrons. The molecular formula is C13H14Cl2N2O5. The lowest BCUT2D eigenvalue weighted by molar-refractivity contribution is -0.385. The number of carbonyl (C=O) groups excluding carboxylic acids is 1. The molecule has 22 heavy (non-hydrogen) atoms. The van der Waals surface area contributed by atoms with Gasteiger partial charge in [-0.1, -0.05) is 0 Å². The molecule has 1 aromatic rings. The number of alkyl halides is 2. The van der Waals surface area contributed by atoms with Crippen molar-refractivity contribution in [3.8, 4) is 11.5 Å². The van der Waals surface area contributed by atoms with Gasteiger partial charge in [0.15, 0.2) is 11.5 Å². The smallest absolute Gasteiger partial charge is 0.286 e. The van der Waals surface area contributed by atoms with Crippen molar-refractivity contribution in [2.24, 2.45) is 0 Å². The number of ether oxygens (including phenoxy) is 2. The van der Waals surface area contributed by atoms with Crippen molar-refractivity contribution in [1.29, 1.82) is 0 Å². The summed E-state index contributed by atoms with van der Waals surface area (Å²) in [5.74, 6) is -0.174. The first-order valence-electron chi connectivity index (χ1n) is 6.36. The van der Waals surface area contributed by atoms with Gasteiger partial charge in [0.1, 0.15) is 9.90 Å². The largest absolute Gasteiger partial charge is 0.493 e. The number of benzene rings is 1. The average Bonchev–Trinajstić information content (AvgIpc) is 2.43. The van der Waals surface area contributed by atoms with E-state index in [1.54, 1.807) is 0 Å². The number of hydrogen-bond acceptors (Lipinski definition) is 5. The highest BCUT2D eigenvalue weighted by atomic mass is 35.5. The zero-order chi connectivity index (χ0) is 16.5. The van der Waals surface area contributed by atoms with E-state index in [0.717, 1.165) is 6.07 Å². The minimum Gasteiger partial charge on any atom is -0.493 e. The summed E-state index contributed by atoms with van der Waals surface area (Å²) in [5.41, 5.74) is -0.471. The van der Waals surface area contributed by atoms with Gasteiger partial charge in [0.25, 0.3) is 11.6 Å². The maximum Gasteiger partial charge on any atom is 0.286 e. The molecule has 0 heterocycles. The maximum absolute atomic E-state index is 12.3. The molecule has 0 spiro atoms. The summed E-state index contributed by atoms with van der Waals surface area (Å²) in [5, 5.41) is 13.8. The van der Waals surface area contributed by atoms with Crippen LogP contribution in [0.2, 0.25) is 0 Å². The minimum absolute atomic E-state index is 0.107. The van der Waals surface area contributed by atoms with Crippen LogP contribution in [-0.4, -0.2) is 35.4 Å². The number of carbonyl (C=O) groups is 1. The summed E-state index contributed by atoms with van der Waals surface area (Å²) >= 11 is 11.7. The fourth-order valence-electron chi connectivity index (χ4n) is 2.23. The Morgan fingerprint density at radius 3 is 2.32 bits per heavy atom. The predicted molar refractivity (Wildman–Crippen MR) is 81.1 cm³/mol. The highest BCUT2D eigenvalue weighted by Gasteiger charge is 2.42. The van der Waals surface area contributed by atoms with Crippen LogP contribution in [0.5, 0.6) is 11.5 Å². The Balaban J connectivity index is 2.28. The molecule has 1 saturated carbocycles. The molecule has 0 saturated heterocycles. The Labute approximate surface area is 136 Å². The number of nitro groups is 1. The molecule has 2 rings (SSSR count). The molecule has 0 unspecified atom stereocenters. The van der Waals surface area contributed by atoms with Crippen LogP contribution >= 0.6 is 23.2 Å². The van der Waals surface area contributed by atoms with Crippen LogP contribution in [0.15, 0.2) is 12.1 Å². The Kier molecular flexibility index (Phi) is 4.67. The summed E-state index contributed by atoms with van der Waals surface area (Å²) in [6.07, 6.45) is 0.784. The molecule has 1 aliphatic carbocycles. The van der Waals surface area contributed by atoms with Gasteiger partial charge >= 0.3 is 0 Å². The zero-order valence-corrected chi connectivity index (χ0v) is 13.4. The summed E-state index contributed by atoms with van der Waals surface area (Å²) in [4.78, 5) is 22.8. The molecular weight excluding hydrogens is 335 g/mol. The van der Waals surface area contributed by atoms with Crippen LogP contribution in [0, 0.1) is 10.1 Å². The highest BCUT2D eigenvalue weighted by molar-refractivity contribution is 6.49. The van der Waals surface area contributed by atoms with E-state index >= 15 is 0 Å². The molecule has 1 amide bonds. The average molecular weight is 349 g/mol. The first-order chi connectivity index (χ1) is 10.3. The number of rotatable bonds is 5. The van der Waals surface area contributed by atoms with Crippen LogP contribution < -0.4 is 14.8 Å². The van der Waals surface area contributed by atoms with E-state index in [1.165, 1.54) is 20.3 Å². The quantitative estimate of drug-likeness (QED) is 0.501. The fraction of sp³-hybridized carbons (Fsp3) is 0.462. The second kappa shape index (κ2) is 6.18. The van der Waals surface area contributed by atoms with Gasteiger partial charge in [-0.05, 0) is 0 Å². The van der Waals surface area contributed by atoms with E-state index in [0.29, 0.717) is 12.8 Å². The topological polar surface area (TPSA) is 90.7 Å². The van der Waals surface area contributed by atoms with Crippen molar-refractivity contribution in [2.45, 2.75) is 23.2 Å². The second-order valence-corrected chi connectivity index (χ2v) is 6.56. The lowest BCUT2D eigenvalue weighted by Crippen LogP contribution is -2.49. The maximum atomic E-state index is 12.3. The third-order valence-electron chi connectivity index (χ3n) is 3.37. The summed E-state index contributed by atoms with van der Waals surface area (Å²) in [6, 6.07) is 2.22. The van der Waals surface area contributed by atoms with Crippen molar-refractivity contribution < 1.29 is 19.2 Å². The number of halogens is 2. The van der Waals surface area contributed by atoms with Crippen molar-refractivity contribution in [2.75, 3.05) is 14.2 Å². The minimum atomic E-state index is -0.846. The summed E-state index contributed by atoms with van der Waals surface area (Å²) in [7, 11) is 2.74. The van der Waals surface area contributed by atoms with Crippen LogP contribution in [0.4, 0.5) is 5.69 Å². The molecule has 0 aliphatic heterocycles. The lowest BCUT2D eigenvalue weighted by Gasteiger charge is -2.38. The Morgan fingerprint density at radius 2 is 1.86 bits per heavy atom. The Hall–Kier alpha value is -1.73. The van der Waals surface area contributed by atoms with E-state index in [9.17, 15) is 14.9 Å². The summed E-state index contributed by atoms with van der Waals surface area (Å²) in [6.45, 7) is 0. The van der Waals surface area contributed by atoms with Gasteiger partial charge in [-0.15, -0.1) is 23.2 Å². The van der Waals surface area contributed by atoms with Gasteiger partial charge in [0.2, 0.25) is 0 Å². The van der Waals surface area contributed by atoms with Crippen LogP contribution in [0.1, 0.15) is 23.2 Å². The van der Waals surface area contributed by atoms with Crippen molar-refractivity contribution >= 4 is 34.8 Å². The van der Waals surface area contributed by atoms with E-state index in [2.05, 4.69) is 5.32 Å². The van der Waals surface area contributed by atoms with Crippen LogP contribution in [-0.2, 0) is 0 Å². The number of methoxy groups -OCH3 is 2. The van der Waals surface area contributed by atoms with E-state index in [4.69, 9.17) is 32.7 Å². The van der Waals surface area contributed by atoms with Gasteiger partial charge in [-0.2, -0.15) is 0 Å². The van der Waals surface area contributed by atoms with Crippen LogP contribution in [0.3, 0.4) is 0 Å². The predicted octanol–water partition coefficient (Wildman–Crippen LogP) is 2.68. The number of hydrogen-bond donors (Lipinski definition) is 1. The molecule has 1 N–H and O–H groups in total. The highest BCUT2D eigenvalue weighted by Crippen LogP contribution is 2.42. The molecule has 0 atom stereocenters. The fourth-order valence-corrected chi connectivity index (χ4v) is 2.97. The number of amides is 1. The van der Waals surface area contributed by atoms with Gasteiger partial charge in [-0.3, -0.25) is 14.9 Å². The SMILES string of the molecule is COc1cc(C(=O)NC2CC(Cl)(Cl)C2)c([N+](=O)[O-])cc1OC. The third-order valence-corrected chi connectivity index (χ3v) is 3.99. The third kappa shape index (κ3) is 3.36. The second-order valence-electron chi connectivity index (χ2n) is 4.92. The van der Waals surface area contributed by atoms with Gasteiger partial charge in [0, 0.05) is 24.9 Å². The zero-order valence-electron chi connectivity index (χ0n) is 11.9. The van der Waals surface area contributed by atoms with Gasteiger partial charge in [0.05, 0.1) is 25.2 Å². The normalized spacial score (nSPS) is 16.5. The molecule has 0 bridgehead atoms. The lowest BCUT2D eigenvalue weighted by atomic mass is 9.91. The molecule has 1 aliphatic rings. The van der Waals surface area contributed by atoms with Crippen molar-refractivity contribution in [3.05, 3.63) is 27.8 Å². The Morgan fingerprint density at radius 1 is 1.32 bits per heavy atom.